The molecule has 0 aromatic rings. The number of aliphatic carboxylic acids is 1. The number of urea groups is 1. The van der Waals surface area contributed by atoms with E-state index < -0.39 is 11.9 Å². The first kappa shape index (κ1) is 17.5. The summed E-state index contributed by atoms with van der Waals surface area (Å²) in [4.78, 5) is 25.7. The molecule has 0 aromatic carbocycles. The molecule has 3 aliphatic rings. The standard InChI is InChI=1S/C18H30N2O4/c1-3-24-15-9-14(18(15)6-4-5-7-18)19-17(23)20-10-12(2)8-13(11-20)16(21)22/h12-15H,3-11H2,1-2H3,(H,19,23)(H,21,22). The molecule has 2 saturated carbocycles. The molecule has 4 atom stereocenters. The third kappa shape index (κ3) is 3.13. The SMILES string of the molecule is CCOC1CC(NC(=O)N2CC(C)CC(C(=O)O)C2)C12CCCC2. The van der Waals surface area contributed by atoms with Crippen molar-refractivity contribution >= 4 is 12.0 Å². The van der Waals surface area contributed by atoms with Crippen LogP contribution in [0.4, 0.5) is 4.79 Å². The predicted molar refractivity (Wildman–Crippen MR) is 89.7 cm³/mol. The number of hydrogen-bond acceptors (Lipinski definition) is 3. The van der Waals surface area contributed by atoms with Gasteiger partial charge in [-0.3, -0.25) is 4.79 Å². The van der Waals surface area contributed by atoms with E-state index in [2.05, 4.69) is 5.32 Å². The van der Waals surface area contributed by atoms with Crippen molar-refractivity contribution in [2.75, 3.05) is 19.7 Å². The average Bonchev–Trinajstić information content (AvgIpc) is 3.06. The maximum atomic E-state index is 12.7. The molecule has 24 heavy (non-hydrogen) atoms. The van der Waals surface area contributed by atoms with E-state index in [1.807, 2.05) is 13.8 Å². The van der Waals surface area contributed by atoms with Crippen molar-refractivity contribution in [2.24, 2.45) is 17.3 Å². The van der Waals surface area contributed by atoms with Crippen LogP contribution in [0.1, 0.15) is 52.4 Å². The summed E-state index contributed by atoms with van der Waals surface area (Å²) < 4.78 is 5.90. The van der Waals surface area contributed by atoms with Gasteiger partial charge in [0, 0.05) is 31.2 Å². The van der Waals surface area contributed by atoms with Gasteiger partial charge in [0.2, 0.25) is 0 Å². The number of piperidine rings is 1. The van der Waals surface area contributed by atoms with E-state index in [0.29, 0.717) is 19.5 Å². The number of nitrogens with one attached hydrogen (secondary N) is 1. The molecule has 4 unspecified atom stereocenters. The summed E-state index contributed by atoms with van der Waals surface area (Å²) in [7, 11) is 0. The van der Waals surface area contributed by atoms with E-state index in [0.717, 1.165) is 25.9 Å². The molecule has 1 aliphatic heterocycles. The van der Waals surface area contributed by atoms with E-state index in [1.54, 1.807) is 4.90 Å². The monoisotopic (exact) mass is 338 g/mol. The summed E-state index contributed by atoms with van der Waals surface area (Å²) in [6, 6.07) is 0.0728. The maximum Gasteiger partial charge on any atom is 0.317 e. The first-order chi connectivity index (χ1) is 11.5. The van der Waals surface area contributed by atoms with Crippen LogP contribution in [-0.2, 0) is 9.53 Å². The van der Waals surface area contributed by atoms with Gasteiger partial charge >= 0.3 is 12.0 Å². The molecule has 2 N–H and O–H groups in total. The smallest absolute Gasteiger partial charge is 0.317 e. The Hall–Kier alpha value is -1.30. The average molecular weight is 338 g/mol. The van der Waals surface area contributed by atoms with Gasteiger partial charge < -0.3 is 20.1 Å². The van der Waals surface area contributed by atoms with Gasteiger partial charge in [0.25, 0.3) is 0 Å². The molecule has 3 rings (SSSR count). The number of nitrogens with zero attached hydrogens (tertiary/aromatic N) is 1. The highest BCUT2D eigenvalue weighted by Gasteiger charge is 2.57. The number of carboxylic acid groups (broad SMARTS) is 1. The quantitative estimate of drug-likeness (QED) is 0.825. The largest absolute Gasteiger partial charge is 0.481 e. The number of carboxylic acids is 1. The number of rotatable bonds is 4. The fraction of sp³-hybridized carbons (Fsp3) is 0.889. The topological polar surface area (TPSA) is 78.9 Å². The van der Waals surface area contributed by atoms with Crippen LogP contribution in [-0.4, -0.2) is 53.8 Å². The normalized spacial score (nSPS) is 34.8. The van der Waals surface area contributed by atoms with E-state index in [-0.39, 0.29) is 29.5 Å². The molecule has 3 fully saturated rings. The van der Waals surface area contributed by atoms with E-state index in [9.17, 15) is 14.7 Å². The Morgan fingerprint density at radius 1 is 1.25 bits per heavy atom. The second-order valence-electron chi connectivity index (χ2n) is 7.90. The molecular weight excluding hydrogens is 308 g/mol. The van der Waals surface area contributed by atoms with Gasteiger partial charge in [-0.15, -0.1) is 0 Å². The van der Waals surface area contributed by atoms with E-state index in [1.165, 1.54) is 12.8 Å². The molecule has 6 nitrogen and oxygen atoms in total. The van der Waals surface area contributed by atoms with Crippen molar-refractivity contribution in [2.45, 2.75) is 64.5 Å². The van der Waals surface area contributed by atoms with Gasteiger partial charge in [-0.25, -0.2) is 4.79 Å². The Morgan fingerprint density at radius 3 is 2.58 bits per heavy atom. The minimum Gasteiger partial charge on any atom is -0.481 e. The van der Waals surface area contributed by atoms with Crippen molar-refractivity contribution in [1.29, 1.82) is 0 Å². The Bertz CT molecular complexity index is 489. The number of amides is 2. The Balaban J connectivity index is 1.61. The van der Waals surface area contributed by atoms with Crippen LogP contribution in [0.15, 0.2) is 0 Å². The van der Waals surface area contributed by atoms with E-state index >= 15 is 0 Å². The van der Waals surface area contributed by atoms with Crippen LogP contribution in [0.5, 0.6) is 0 Å². The van der Waals surface area contributed by atoms with Crippen LogP contribution in [0.3, 0.4) is 0 Å². The third-order valence-corrected chi connectivity index (χ3v) is 6.28. The summed E-state index contributed by atoms with van der Waals surface area (Å²) >= 11 is 0. The summed E-state index contributed by atoms with van der Waals surface area (Å²) in [6.07, 6.45) is 6.45. The van der Waals surface area contributed by atoms with Crippen LogP contribution in [0.25, 0.3) is 0 Å². The van der Waals surface area contributed by atoms with Crippen molar-refractivity contribution in [3.8, 4) is 0 Å². The van der Waals surface area contributed by atoms with Gasteiger partial charge in [-0.2, -0.15) is 0 Å². The lowest BCUT2D eigenvalue weighted by Crippen LogP contribution is -2.65. The lowest BCUT2D eigenvalue weighted by molar-refractivity contribution is -0.143. The number of carbonyl (C=O) groups excluding carboxylic acids is 1. The predicted octanol–water partition coefficient (Wildman–Crippen LogP) is 2.48. The molecule has 1 saturated heterocycles. The molecule has 6 heteroatoms. The van der Waals surface area contributed by atoms with Gasteiger partial charge in [0.05, 0.1) is 12.0 Å². The minimum atomic E-state index is -0.799. The third-order valence-electron chi connectivity index (χ3n) is 6.28. The molecule has 0 bridgehead atoms. The number of likely N-dealkylation sites (tertiary alicyclic amines) is 1. The van der Waals surface area contributed by atoms with Crippen LogP contribution in [0.2, 0.25) is 0 Å². The lowest BCUT2D eigenvalue weighted by Gasteiger charge is -2.54. The highest BCUT2D eigenvalue weighted by atomic mass is 16.5. The second kappa shape index (κ2) is 6.90. The van der Waals surface area contributed by atoms with Crippen molar-refractivity contribution in [3.05, 3.63) is 0 Å². The zero-order valence-electron chi connectivity index (χ0n) is 14.8. The van der Waals surface area contributed by atoms with Gasteiger partial charge in [-0.1, -0.05) is 19.8 Å². The van der Waals surface area contributed by atoms with Crippen molar-refractivity contribution < 1.29 is 19.4 Å². The lowest BCUT2D eigenvalue weighted by atomic mass is 9.60. The highest BCUT2D eigenvalue weighted by Crippen LogP contribution is 2.54. The summed E-state index contributed by atoms with van der Waals surface area (Å²) in [5.74, 6) is -1.02. The molecular formula is C18H30N2O4. The highest BCUT2D eigenvalue weighted by molar-refractivity contribution is 5.77. The van der Waals surface area contributed by atoms with Gasteiger partial charge in [0.15, 0.2) is 0 Å². The molecule has 1 heterocycles. The Labute approximate surface area is 143 Å². The van der Waals surface area contributed by atoms with Crippen molar-refractivity contribution in [3.63, 3.8) is 0 Å². The second-order valence-corrected chi connectivity index (χ2v) is 7.90. The Kier molecular flexibility index (Phi) is 5.04. The number of ether oxygens (including phenoxy) is 1. The molecule has 0 radical (unpaired) electrons. The number of carbonyl (C=O) groups is 2. The summed E-state index contributed by atoms with van der Waals surface area (Å²) in [6.45, 7) is 5.72. The summed E-state index contributed by atoms with van der Waals surface area (Å²) in [5.41, 5.74) is 0.110. The molecule has 2 amide bonds. The molecule has 136 valence electrons. The first-order valence-electron chi connectivity index (χ1n) is 9.36. The zero-order chi connectivity index (χ0) is 17.3. The molecule has 0 aromatic heterocycles. The van der Waals surface area contributed by atoms with Gasteiger partial charge in [0.1, 0.15) is 0 Å². The number of hydrogen-bond donors (Lipinski definition) is 2. The molecule has 2 aliphatic carbocycles. The van der Waals surface area contributed by atoms with Crippen LogP contribution < -0.4 is 5.32 Å². The fourth-order valence-electron chi connectivity index (χ4n) is 5.03. The van der Waals surface area contributed by atoms with E-state index in [4.69, 9.17) is 4.74 Å². The fourth-order valence-corrected chi connectivity index (χ4v) is 5.03. The first-order valence-corrected chi connectivity index (χ1v) is 9.36. The zero-order valence-corrected chi connectivity index (χ0v) is 14.8. The van der Waals surface area contributed by atoms with Crippen LogP contribution >= 0.6 is 0 Å². The maximum absolute atomic E-state index is 12.7. The van der Waals surface area contributed by atoms with Gasteiger partial charge in [-0.05, 0) is 38.5 Å². The molecule has 1 spiro atoms. The Morgan fingerprint density at radius 2 is 1.96 bits per heavy atom. The van der Waals surface area contributed by atoms with Crippen molar-refractivity contribution in [1.82, 2.24) is 10.2 Å². The summed E-state index contributed by atoms with van der Waals surface area (Å²) in [5, 5.41) is 12.5. The minimum absolute atomic E-state index is 0.0981. The van der Waals surface area contributed by atoms with Crippen LogP contribution in [0, 0.1) is 17.3 Å².